The van der Waals surface area contributed by atoms with Crippen molar-refractivity contribution in [3.8, 4) is 5.75 Å². The number of benzene rings is 1. The Kier molecular flexibility index (Phi) is 4.39. The van der Waals surface area contributed by atoms with Crippen LogP contribution in [-0.4, -0.2) is 50.3 Å². The topological polar surface area (TPSA) is 64.8 Å². The van der Waals surface area contributed by atoms with Crippen LogP contribution in [0.1, 0.15) is 15.9 Å². The van der Waals surface area contributed by atoms with E-state index in [0.717, 1.165) is 11.3 Å². The Hall–Kier alpha value is -1.59. The van der Waals surface area contributed by atoms with Gasteiger partial charge >= 0.3 is 0 Å². The molecule has 104 valence electrons. The SMILES string of the molecule is COc1cc(C(=O)N2CCOCC2CN)ccc1C. The molecule has 19 heavy (non-hydrogen) atoms. The van der Waals surface area contributed by atoms with E-state index in [-0.39, 0.29) is 11.9 Å². The molecule has 0 bridgehead atoms. The molecule has 0 spiro atoms. The number of aryl methyl sites for hydroxylation is 1. The molecule has 2 rings (SSSR count). The zero-order chi connectivity index (χ0) is 13.8. The molecule has 1 unspecified atom stereocenters. The Morgan fingerprint density at radius 2 is 2.37 bits per heavy atom. The van der Waals surface area contributed by atoms with Gasteiger partial charge in [0.2, 0.25) is 0 Å². The number of hydrogen-bond donors (Lipinski definition) is 1. The molecule has 2 N–H and O–H groups in total. The zero-order valence-corrected chi connectivity index (χ0v) is 11.4. The lowest BCUT2D eigenvalue weighted by atomic mass is 10.1. The van der Waals surface area contributed by atoms with Gasteiger partial charge in [-0.05, 0) is 24.6 Å². The minimum atomic E-state index is -0.0476. The van der Waals surface area contributed by atoms with Crippen molar-refractivity contribution >= 4 is 5.91 Å². The van der Waals surface area contributed by atoms with E-state index in [1.807, 2.05) is 19.1 Å². The number of carbonyl (C=O) groups excluding carboxylic acids is 1. The fourth-order valence-corrected chi connectivity index (χ4v) is 2.24. The van der Waals surface area contributed by atoms with E-state index in [0.29, 0.717) is 31.9 Å². The van der Waals surface area contributed by atoms with Crippen LogP contribution < -0.4 is 10.5 Å². The smallest absolute Gasteiger partial charge is 0.254 e. The van der Waals surface area contributed by atoms with Crippen molar-refractivity contribution in [2.24, 2.45) is 5.73 Å². The van der Waals surface area contributed by atoms with Crippen molar-refractivity contribution in [1.82, 2.24) is 4.90 Å². The van der Waals surface area contributed by atoms with Crippen LogP contribution in [0.2, 0.25) is 0 Å². The van der Waals surface area contributed by atoms with E-state index in [1.165, 1.54) is 0 Å². The first-order valence-electron chi connectivity index (χ1n) is 6.40. The lowest BCUT2D eigenvalue weighted by Crippen LogP contribution is -2.52. The maximum atomic E-state index is 12.5. The van der Waals surface area contributed by atoms with Gasteiger partial charge in [-0.15, -0.1) is 0 Å². The fourth-order valence-electron chi connectivity index (χ4n) is 2.24. The second kappa shape index (κ2) is 6.04. The third-order valence-electron chi connectivity index (χ3n) is 3.42. The van der Waals surface area contributed by atoms with E-state index < -0.39 is 0 Å². The van der Waals surface area contributed by atoms with Crippen molar-refractivity contribution in [2.45, 2.75) is 13.0 Å². The first kappa shape index (κ1) is 13.8. The van der Waals surface area contributed by atoms with Crippen LogP contribution in [0.5, 0.6) is 5.75 Å². The number of nitrogens with zero attached hydrogens (tertiary/aromatic N) is 1. The Morgan fingerprint density at radius 1 is 1.58 bits per heavy atom. The Bertz CT molecular complexity index is 462. The first-order chi connectivity index (χ1) is 9.17. The highest BCUT2D eigenvalue weighted by molar-refractivity contribution is 5.95. The first-order valence-corrected chi connectivity index (χ1v) is 6.40. The Labute approximate surface area is 113 Å². The molecule has 1 aromatic carbocycles. The lowest BCUT2D eigenvalue weighted by Gasteiger charge is -2.35. The maximum Gasteiger partial charge on any atom is 0.254 e. The summed E-state index contributed by atoms with van der Waals surface area (Å²) in [5, 5.41) is 0. The van der Waals surface area contributed by atoms with E-state index in [1.54, 1.807) is 18.1 Å². The van der Waals surface area contributed by atoms with Crippen molar-refractivity contribution < 1.29 is 14.3 Å². The number of nitrogens with two attached hydrogens (primary N) is 1. The fraction of sp³-hybridized carbons (Fsp3) is 0.500. The van der Waals surface area contributed by atoms with Crippen LogP contribution in [0.15, 0.2) is 18.2 Å². The van der Waals surface area contributed by atoms with Crippen molar-refractivity contribution in [1.29, 1.82) is 0 Å². The molecule has 1 aromatic rings. The highest BCUT2D eigenvalue weighted by Gasteiger charge is 2.27. The van der Waals surface area contributed by atoms with Gasteiger partial charge in [0.05, 0.1) is 26.4 Å². The van der Waals surface area contributed by atoms with Crippen molar-refractivity contribution in [3.05, 3.63) is 29.3 Å². The van der Waals surface area contributed by atoms with E-state index in [2.05, 4.69) is 0 Å². The molecule has 1 aliphatic rings. The number of morpholine rings is 1. The second-order valence-corrected chi connectivity index (χ2v) is 4.65. The van der Waals surface area contributed by atoms with Crippen LogP contribution in [0.25, 0.3) is 0 Å². The predicted molar refractivity (Wildman–Crippen MR) is 72.4 cm³/mol. The quantitative estimate of drug-likeness (QED) is 0.877. The largest absolute Gasteiger partial charge is 0.496 e. The summed E-state index contributed by atoms with van der Waals surface area (Å²) in [6, 6.07) is 5.45. The second-order valence-electron chi connectivity index (χ2n) is 4.65. The average Bonchev–Trinajstić information content (AvgIpc) is 2.47. The van der Waals surface area contributed by atoms with Gasteiger partial charge in [0.25, 0.3) is 5.91 Å². The van der Waals surface area contributed by atoms with Gasteiger partial charge in [0.15, 0.2) is 0 Å². The van der Waals surface area contributed by atoms with E-state index in [9.17, 15) is 4.79 Å². The molecule has 1 saturated heterocycles. The van der Waals surface area contributed by atoms with Gasteiger partial charge in [-0.25, -0.2) is 0 Å². The van der Waals surface area contributed by atoms with Crippen LogP contribution in [-0.2, 0) is 4.74 Å². The molecule has 1 aliphatic heterocycles. The maximum absolute atomic E-state index is 12.5. The van der Waals surface area contributed by atoms with Gasteiger partial charge in [0.1, 0.15) is 5.75 Å². The lowest BCUT2D eigenvalue weighted by molar-refractivity contribution is 0.000826. The highest BCUT2D eigenvalue weighted by Crippen LogP contribution is 2.21. The van der Waals surface area contributed by atoms with Gasteiger partial charge in [-0.3, -0.25) is 4.79 Å². The molecule has 0 aromatic heterocycles. The molecular weight excluding hydrogens is 244 g/mol. The molecule has 0 radical (unpaired) electrons. The van der Waals surface area contributed by atoms with Crippen LogP contribution >= 0.6 is 0 Å². The van der Waals surface area contributed by atoms with Crippen LogP contribution in [0.4, 0.5) is 0 Å². The number of amides is 1. The Morgan fingerprint density at radius 3 is 3.05 bits per heavy atom. The number of methoxy groups -OCH3 is 1. The van der Waals surface area contributed by atoms with Gasteiger partial charge in [0, 0.05) is 18.7 Å². The molecule has 0 aliphatic carbocycles. The molecule has 1 amide bonds. The van der Waals surface area contributed by atoms with E-state index >= 15 is 0 Å². The summed E-state index contributed by atoms with van der Waals surface area (Å²) in [5.74, 6) is 0.709. The van der Waals surface area contributed by atoms with E-state index in [4.69, 9.17) is 15.2 Å². The molecule has 1 fully saturated rings. The van der Waals surface area contributed by atoms with Gasteiger partial charge in [-0.2, -0.15) is 0 Å². The summed E-state index contributed by atoms with van der Waals surface area (Å²) in [4.78, 5) is 14.3. The molecule has 1 heterocycles. The molecule has 1 atom stereocenters. The number of ether oxygens (including phenoxy) is 2. The van der Waals surface area contributed by atoms with Crippen LogP contribution in [0.3, 0.4) is 0 Å². The molecular formula is C14H20N2O3. The van der Waals surface area contributed by atoms with Crippen molar-refractivity contribution in [2.75, 3.05) is 33.4 Å². The Balaban J connectivity index is 2.22. The monoisotopic (exact) mass is 264 g/mol. The standard InChI is InChI=1S/C14H20N2O3/c1-10-3-4-11(7-13(10)18-2)14(17)16-5-6-19-9-12(16)8-15/h3-4,7,12H,5-6,8-9,15H2,1-2H3. The van der Waals surface area contributed by atoms with Gasteiger partial charge < -0.3 is 20.1 Å². The minimum Gasteiger partial charge on any atom is -0.496 e. The normalized spacial score (nSPS) is 19.3. The summed E-state index contributed by atoms with van der Waals surface area (Å²) in [6.07, 6.45) is 0. The molecule has 5 heteroatoms. The number of carbonyl (C=O) groups is 1. The summed E-state index contributed by atoms with van der Waals surface area (Å²) in [5.41, 5.74) is 7.33. The highest BCUT2D eigenvalue weighted by atomic mass is 16.5. The van der Waals surface area contributed by atoms with Crippen LogP contribution in [0, 0.1) is 6.92 Å². The third kappa shape index (κ3) is 2.88. The van der Waals surface area contributed by atoms with Gasteiger partial charge in [-0.1, -0.05) is 6.07 Å². The summed E-state index contributed by atoms with van der Waals surface area (Å²) in [6.45, 7) is 4.01. The third-order valence-corrected chi connectivity index (χ3v) is 3.42. The molecule has 5 nitrogen and oxygen atoms in total. The summed E-state index contributed by atoms with van der Waals surface area (Å²) >= 11 is 0. The zero-order valence-electron chi connectivity index (χ0n) is 11.4. The number of hydrogen-bond acceptors (Lipinski definition) is 4. The molecule has 0 saturated carbocycles. The summed E-state index contributed by atoms with van der Waals surface area (Å²) < 4.78 is 10.6. The predicted octanol–water partition coefficient (Wildman–Crippen LogP) is 0.803. The number of rotatable bonds is 3. The average molecular weight is 264 g/mol. The van der Waals surface area contributed by atoms with Crippen molar-refractivity contribution in [3.63, 3.8) is 0 Å². The minimum absolute atomic E-state index is 0.0166. The summed E-state index contributed by atoms with van der Waals surface area (Å²) in [7, 11) is 1.61.